The smallest absolute Gasteiger partial charge is 0.417 e. The summed E-state index contributed by atoms with van der Waals surface area (Å²) in [6.07, 6.45) is -0.440. The molecule has 0 N–H and O–H groups in total. The lowest BCUT2D eigenvalue weighted by atomic mass is 9.89. The van der Waals surface area contributed by atoms with E-state index in [1.54, 1.807) is 35.4 Å². The highest BCUT2D eigenvalue weighted by Crippen LogP contribution is 2.35. The molecule has 5 rings (SSSR count). The standard InChI is InChI=1S/C29H30F3N5O4.ClH/c1-40-21-6-8-22(9-7-21)41-28(27(39)36-17-15-35(16-18-36)25-5-2-3-12-34-25)11-4-14-37(20-28)26(38)23-19-33-13-10-24(23)29(30,31)32;/h2-3,5-10,12-13,19H,4,11,14-18,20H2,1H3;1H. The van der Waals surface area contributed by atoms with Gasteiger partial charge in [0.1, 0.15) is 17.3 Å². The van der Waals surface area contributed by atoms with Crippen LogP contribution in [-0.4, -0.2) is 83.6 Å². The molecule has 9 nitrogen and oxygen atoms in total. The quantitative estimate of drug-likeness (QED) is 0.413. The first-order valence-electron chi connectivity index (χ1n) is 13.3. The van der Waals surface area contributed by atoms with Gasteiger partial charge in [0.2, 0.25) is 5.60 Å². The molecule has 2 fully saturated rings. The molecular weight excluding hydrogens is 575 g/mol. The predicted octanol–water partition coefficient (Wildman–Crippen LogP) is 4.33. The maximum Gasteiger partial charge on any atom is 0.417 e. The number of anilines is 1. The van der Waals surface area contributed by atoms with Crippen LogP contribution in [0.25, 0.3) is 0 Å². The van der Waals surface area contributed by atoms with E-state index in [1.807, 2.05) is 18.2 Å². The fraction of sp³-hybridized carbons (Fsp3) is 0.379. The minimum absolute atomic E-state index is 0. The van der Waals surface area contributed by atoms with Crippen LogP contribution in [0.3, 0.4) is 0 Å². The van der Waals surface area contributed by atoms with Gasteiger partial charge in [0.25, 0.3) is 11.8 Å². The number of rotatable bonds is 6. The van der Waals surface area contributed by atoms with Crippen molar-refractivity contribution in [3.8, 4) is 11.5 Å². The molecule has 0 radical (unpaired) electrons. The average Bonchev–Trinajstić information content (AvgIpc) is 3.01. The van der Waals surface area contributed by atoms with Crippen LogP contribution in [-0.2, 0) is 11.0 Å². The number of piperidine rings is 1. The summed E-state index contributed by atoms with van der Waals surface area (Å²) in [5, 5.41) is 0. The lowest BCUT2D eigenvalue weighted by Gasteiger charge is -2.45. The Balaban J connectivity index is 0.00000405. The summed E-state index contributed by atoms with van der Waals surface area (Å²) in [4.78, 5) is 40.8. The van der Waals surface area contributed by atoms with E-state index in [4.69, 9.17) is 9.47 Å². The monoisotopic (exact) mass is 605 g/mol. The Morgan fingerprint density at radius 1 is 0.905 bits per heavy atom. The highest BCUT2D eigenvalue weighted by molar-refractivity contribution is 5.96. The summed E-state index contributed by atoms with van der Waals surface area (Å²) in [5.41, 5.74) is -3.12. The van der Waals surface area contributed by atoms with Crippen LogP contribution in [0.2, 0.25) is 0 Å². The van der Waals surface area contributed by atoms with Gasteiger partial charge in [-0.3, -0.25) is 14.6 Å². The van der Waals surface area contributed by atoms with Crippen molar-refractivity contribution in [2.45, 2.75) is 24.6 Å². The van der Waals surface area contributed by atoms with Crippen molar-refractivity contribution >= 4 is 30.0 Å². The number of methoxy groups -OCH3 is 1. The van der Waals surface area contributed by atoms with Crippen LogP contribution in [0.4, 0.5) is 19.0 Å². The van der Waals surface area contributed by atoms with Gasteiger partial charge in [0.05, 0.1) is 24.8 Å². The number of ether oxygens (including phenoxy) is 2. The van der Waals surface area contributed by atoms with Gasteiger partial charge in [-0.1, -0.05) is 6.07 Å². The Labute approximate surface area is 247 Å². The van der Waals surface area contributed by atoms with E-state index in [-0.39, 0.29) is 31.4 Å². The fourth-order valence-electron chi connectivity index (χ4n) is 5.32. The molecule has 2 saturated heterocycles. The van der Waals surface area contributed by atoms with Crippen molar-refractivity contribution < 1.29 is 32.2 Å². The number of amides is 2. The van der Waals surface area contributed by atoms with Gasteiger partial charge < -0.3 is 24.2 Å². The zero-order valence-electron chi connectivity index (χ0n) is 22.9. The number of alkyl halides is 3. The van der Waals surface area contributed by atoms with Crippen molar-refractivity contribution in [1.82, 2.24) is 19.8 Å². The molecule has 2 aliphatic rings. The Kier molecular flexibility index (Phi) is 9.45. The van der Waals surface area contributed by atoms with E-state index in [0.29, 0.717) is 50.5 Å². The molecule has 1 unspecified atom stereocenters. The van der Waals surface area contributed by atoms with Gasteiger partial charge in [0, 0.05) is 51.3 Å². The number of aromatic nitrogens is 2. The summed E-state index contributed by atoms with van der Waals surface area (Å²) < 4.78 is 52.7. The largest absolute Gasteiger partial charge is 0.497 e. The Hall–Kier alpha value is -4.06. The minimum atomic E-state index is -4.73. The molecule has 0 aliphatic carbocycles. The van der Waals surface area contributed by atoms with Gasteiger partial charge in [-0.2, -0.15) is 13.2 Å². The molecule has 2 amide bonds. The van der Waals surface area contributed by atoms with Crippen molar-refractivity contribution in [3.05, 3.63) is 78.2 Å². The van der Waals surface area contributed by atoms with Gasteiger partial charge in [-0.25, -0.2) is 4.98 Å². The Morgan fingerprint density at radius 2 is 1.62 bits per heavy atom. The van der Waals surface area contributed by atoms with Crippen molar-refractivity contribution in [3.63, 3.8) is 0 Å². The second kappa shape index (κ2) is 12.8. The molecule has 0 spiro atoms. The molecule has 1 aromatic carbocycles. The van der Waals surface area contributed by atoms with Crippen LogP contribution in [0, 0.1) is 0 Å². The molecule has 3 aromatic rings. The van der Waals surface area contributed by atoms with E-state index in [1.165, 1.54) is 12.0 Å². The molecule has 42 heavy (non-hydrogen) atoms. The summed E-state index contributed by atoms with van der Waals surface area (Å²) in [7, 11) is 1.53. The summed E-state index contributed by atoms with van der Waals surface area (Å²) in [5.74, 6) is 0.641. The lowest BCUT2D eigenvalue weighted by molar-refractivity contribution is -0.153. The summed E-state index contributed by atoms with van der Waals surface area (Å²) in [6.45, 7) is 1.88. The number of carbonyl (C=O) groups excluding carboxylic acids is 2. The molecule has 0 bridgehead atoms. The third-order valence-electron chi connectivity index (χ3n) is 7.40. The van der Waals surface area contributed by atoms with E-state index in [2.05, 4.69) is 14.9 Å². The Bertz CT molecular complexity index is 1370. The second-order valence-electron chi connectivity index (χ2n) is 9.99. The first kappa shape index (κ1) is 30.9. The number of carbonyl (C=O) groups is 2. The summed E-state index contributed by atoms with van der Waals surface area (Å²) >= 11 is 0. The first-order chi connectivity index (χ1) is 19.7. The number of halogens is 4. The third-order valence-corrected chi connectivity index (χ3v) is 7.40. The minimum Gasteiger partial charge on any atom is -0.497 e. The predicted molar refractivity (Wildman–Crippen MR) is 151 cm³/mol. The van der Waals surface area contributed by atoms with Gasteiger partial charge in [0.15, 0.2) is 0 Å². The van der Waals surface area contributed by atoms with Gasteiger partial charge in [-0.05, 0) is 55.3 Å². The third kappa shape index (κ3) is 6.53. The highest BCUT2D eigenvalue weighted by atomic mass is 35.5. The van der Waals surface area contributed by atoms with Crippen molar-refractivity contribution in [2.75, 3.05) is 51.3 Å². The van der Waals surface area contributed by atoms with Gasteiger partial charge in [-0.15, -0.1) is 12.4 Å². The lowest BCUT2D eigenvalue weighted by Crippen LogP contribution is -2.64. The maximum absolute atomic E-state index is 14.2. The van der Waals surface area contributed by atoms with E-state index in [9.17, 15) is 22.8 Å². The van der Waals surface area contributed by atoms with Gasteiger partial charge >= 0.3 is 6.18 Å². The second-order valence-corrected chi connectivity index (χ2v) is 9.99. The number of nitrogens with zero attached hydrogens (tertiary/aromatic N) is 5. The molecule has 4 heterocycles. The maximum atomic E-state index is 14.2. The molecule has 224 valence electrons. The number of piperazine rings is 1. The normalized spacial score (nSPS) is 19.1. The topological polar surface area (TPSA) is 88.1 Å². The number of likely N-dealkylation sites (tertiary alicyclic amines) is 1. The molecule has 2 aliphatic heterocycles. The van der Waals surface area contributed by atoms with E-state index in [0.717, 1.165) is 24.3 Å². The van der Waals surface area contributed by atoms with Crippen LogP contribution in [0.5, 0.6) is 11.5 Å². The molecular formula is C29H31ClF3N5O4. The van der Waals surface area contributed by atoms with Crippen LogP contribution < -0.4 is 14.4 Å². The van der Waals surface area contributed by atoms with Crippen molar-refractivity contribution in [2.24, 2.45) is 0 Å². The Morgan fingerprint density at radius 3 is 2.26 bits per heavy atom. The number of benzene rings is 1. The molecule has 13 heteroatoms. The zero-order chi connectivity index (χ0) is 29.0. The molecule has 0 saturated carbocycles. The number of hydrogen-bond donors (Lipinski definition) is 0. The van der Waals surface area contributed by atoms with E-state index >= 15 is 0 Å². The molecule has 2 aromatic heterocycles. The number of hydrogen-bond acceptors (Lipinski definition) is 7. The average molecular weight is 606 g/mol. The first-order valence-corrected chi connectivity index (χ1v) is 13.3. The zero-order valence-corrected chi connectivity index (χ0v) is 23.7. The SMILES string of the molecule is COc1ccc(OC2(C(=O)N3CCN(c4ccccn4)CC3)CCCN(C(=O)c3cnccc3C(F)(F)F)C2)cc1.Cl. The fourth-order valence-corrected chi connectivity index (χ4v) is 5.32. The molecule has 1 atom stereocenters. The highest BCUT2D eigenvalue weighted by Gasteiger charge is 2.49. The van der Waals surface area contributed by atoms with E-state index < -0.39 is 28.8 Å². The van der Waals surface area contributed by atoms with Crippen LogP contribution in [0.15, 0.2) is 67.1 Å². The van der Waals surface area contributed by atoms with Crippen LogP contribution in [0.1, 0.15) is 28.8 Å². The number of pyridine rings is 2. The summed E-state index contributed by atoms with van der Waals surface area (Å²) in [6, 6.07) is 13.1. The van der Waals surface area contributed by atoms with Crippen LogP contribution >= 0.6 is 12.4 Å². The van der Waals surface area contributed by atoms with Crippen molar-refractivity contribution in [1.29, 1.82) is 0 Å².